The molecule has 1 heterocycles. The highest BCUT2D eigenvalue weighted by Gasteiger charge is 2.18. The fraction of sp³-hybridized carbons (Fsp3) is 0.333. The number of aromatic nitrogens is 1. The quantitative estimate of drug-likeness (QED) is 0.807. The Kier molecular flexibility index (Phi) is 4.64. The second-order valence-corrected chi connectivity index (χ2v) is 7.89. The van der Waals surface area contributed by atoms with Gasteiger partial charge in [0.15, 0.2) is 0 Å². The van der Waals surface area contributed by atoms with E-state index >= 15 is 0 Å². The Bertz CT molecular complexity index is 723. The van der Waals surface area contributed by atoms with Gasteiger partial charge < -0.3 is 4.74 Å². The average Bonchev–Trinajstić information content (AvgIpc) is 2.42. The lowest BCUT2D eigenvalue weighted by Crippen LogP contribution is -2.19. The molecular formula is C15H17ClN2O2S. The summed E-state index contributed by atoms with van der Waals surface area (Å²) in [6.07, 6.45) is 1.54. The fourth-order valence-electron chi connectivity index (χ4n) is 1.66. The van der Waals surface area contributed by atoms with Crippen molar-refractivity contribution < 1.29 is 8.95 Å². The Morgan fingerprint density at radius 2 is 2.05 bits per heavy atom. The molecule has 0 radical (unpaired) electrons. The van der Waals surface area contributed by atoms with E-state index in [0.29, 0.717) is 16.5 Å². The summed E-state index contributed by atoms with van der Waals surface area (Å²) in [5, 5.41) is 1.52. The lowest BCUT2D eigenvalue weighted by Gasteiger charge is -2.13. The van der Waals surface area contributed by atoms with Crippen molar-refractivity contribution in [3.63, 3.8) is 0 Å². The minimum Gasteiger partial charge on any atom is -0.481 e. The van der Waals surface area contributed by atoms with E-state index in [-0.39, 0.29) is 0 Å². The molecule has 1 aromatic carbocycles. The number of rotatable bonds is 3. The number of benzene rings is 1. The molecule has 4 nitrogen and oxygen atoms in total. The third-order valence-electron chi connectivity index (χ3n) is 2.77. The van der Waals surface area contributed by atoms with Crippen LogP contribution in [0.15, 0.2) is 28.7 Å². The van der Waals surface area contributed by atoms with Gasteiger partial charge in [-0.05, 0) is 45.0 Å². The van der Waals surface area contributed by atoms with Gasteiger partial charge in [0.25, 0.3) is 0 Å². The minimum atomic E-state index is -1.33. The maximum atomic E-state index is 12.0. The zero-order chi connectivity index (χ0) is 15.6. The van der Waals surface area contributed by atoms with Gasteiger partial charge >= 0.3 is 0 Å². The number of pyridine rings is 1. The van der Waals surface area contributed by atoms with Gasteiger partial charge in [-0.25, -0.2) is 9.19 Å². The Morgan fingerprint density at radius 3 is 2.67 bits per heavy atom. The molecule has 6 heteroatoms. The predicted molar refractivity (Wildman–Crippen MR) is 88.8 cm³/mol. The van der Waals surface area contributed by atoms with Crippen molar-refractivity contribution in [3.05, 3.63) is 34.9 Å². The van der Waals surface area contributed by atoms with Crippen LogP contribution in [-0.2, 0) is 11.0 Å². The summed E-state index contributed by atoms with van der Waals surface area (Å²) in [5.74, 6) is 0.444. The maximum absolute atomic E-state index is 12.0. The lowest BCUT2D eigenvalue weighted by atomic mass is 10.1. The average molecular weight is 325 g/mol. The first-order valence-corrected chi connectivity index (χ1v) is 7.90. The summed E-state index contributed by atoms with van der Waals surface area (Å²) in [6.45, 7) is 5.61. The van der Waals surface area contributed by atoms with E-state index in [2.05, 4.69) is 9.38 Å². The SMILES string of the molecule is COc1nc2ccc(Cl)cc2cc1C=NS(=O)C(C)(C)C. The van der Waals surface area contributed by atoms with Gasteiger partial charge in [0.05, 0.1) is 29.2 Å². The second kappa shape index (κ2) is 6.12. The van der Waals surface area contributed by atoms with Gasteiger partial charge in [-0.15, -0.1) is 0 Å². The molecule has 0 aliphatic rings. The first-order valence-electron chi connectivity index (χ1n) is 6.41. The predicted octanol–water partition coefficient (Wildman–Crippen LogP) is 3.78. The smallest absolute Gasteiger partial charge is 0.222 e. The standard InChI is InChI=1S/C15H17ClN2O2S/c1-15(2,3)21(19)17-9-11-7-10-8-12(16)5-6-13(10)18-14(11)20-4/h5-9H,1-4H3. The first kappa shape index (κ1) is 15.9. The molecule has 1 aromatic heterocycles. The van der Waals surface area contributed by atoms with E-state index in [0.717, 1.165) is 10.9 Å². The summed E-state index contributed by atoms with van der Waals surface area (Å²) < 4.78 is 20.9. The second-order valence-electron chi connectivity index (χ2n) is 5.52. The molecule has 112 valence electrons. The van der Waals surface area contributed by atoms with Gasteiger partial charge in [-0.1, -0.05) is 11.6 Å². The Labute approximate surface area is 131 Å². The molecule has 0 amide bonds. The van der Waals surface area contributed by atoms with E-state index < -0.39 is 15.7 Å². The molecule has 0 bridgehead atoms. The fourth-order valence-corrected chi connectivity index (χ4v) is 2.37. The van der Waals surface area contributed by atoms with Crippen LogP contribution in [0.5, 0.6) is 5.88 Å². The monoisotopic (exact) mass is 324 g/mol. The lowest BCUT2D eigenvalue weighted by molar-refractivity contribution is 0.399. The largest absolute Gasteiger partial charge is 0.481 e. The van der Waals surface area contributed by atoms with Gasteiger partial charge in [0.1, 0.15) is 11.0 Å². The Balaban J connectivity index is 2.47. The summed E-state index contributed by atoms with van der Waals surface area (Å²) >= 11 is 5.99. The van der Waals surface area contributed by atoms with Crippen LogP contribution in [0.2, 0.25) is 5.02 Å². The summed E-state index contributed by atoms with van der Waals surface area (Å²) in [6, 6.07) is 7.30. The number of nitrogens with zero attached hydrogens (tertiary/aromatic N) is 2. The van der Waals surface area contributed by atoms with Crippen LogP contribution in [0.1, 0.15) is 26.3 Å². The van der Waals surface area contributed by atoms with Gasteiger partial charge in [0.2, 0.25) is 5.88 Å². The van der Waals surface area contributed by atoms with Crippen molar-refractivity contribution in [3.8, 4) is 5.88 Å². The third-order valence-corrected chi connectivity index (χ3v) is 4.35. The maximum Gasteiger partial charge on any atom is 0.222 e. The highest BCUT2D eigenvalue weighted by molar-refractivity contribution is 7.85. The van der Waals surface area contributed by atoms with Crippen LogP contribution in [0, 0.1) is 0 Å². The highest BCUT2D eigenvalue weighted by atomic mass is 35.5. The number of halogens is 1. The van der Waals surface area contributed by atoms with Crippen molar-refractivity contribution in [2.75, 3.05) is 7.11 Å². The van der Waals surface area contributed by atoms with Crippen molar-refractivity contribution in [1.82, 2.24) is 4.98 Å². The highest BCUT2D eigenvalue weighted by Crippen LogP contribution is 2.24. The summed E-state index contributed by atoms with van der Waals surface area (Å²) in [7, 11) is 0.218. The molecule has 0 aliphatic carbocycles. The van der Waals surface area contributed by atoms with Gasteiger partial charge in [0, 0.05) is 10.4 Å². The number of hydrogen-bond acceptors (Lipinski definition) is 3. The third kappa shape index (κ3) is 3.80. The molecule has 0 spiro atoms. The zero-order valence-electron chi connectivity index (χ0n) is 12.4. The van der Waals surface area contributed by atoms with Crippen molar-refractivity contribution in [2.45, 2.75) is 25.5 Å². The van der Waals surface area contributed by atoms with Crippen LogP contribution in [0.25, 0.3) is 10.9 Å². The molecule has 21 heavy (non-hydrogen) atoms. The zero-order valence-corrected chi connectivity index (χ0v) is 14.0. The number of fused-ring (bicyclic) bond motifs is 1. The molecule has 0 saturated carbocycles. The molecule has 0 N–H and O–H groups in total. The number of methoxy groups -OCH3 is 1. The van der Waals surface area contributed by atoms with Crippen molar-refractivity contribution in [2.24, 2.45) is 4.40 Å². The van der Waals surface area contributed by atoms with E-state index in [4.69, 9.17) is 16.3 Å². The van der Waals surface area contributed by atoms with Crippen LogP contribution in [-0.4, -0.2) is 27.3 Å². The van der Waals surface area contributed by atoms with Crippen LogP contribution < -0.4 is 4.74 Å². The van der Waals surface area contributed by atoms with Crippen molar-refractivity contribution in [1.29, 1.82) is 0 Å². The van der Waals surface area contributed by atoms with Crippen molar-refractivity contribution >= 4 is 39.7 Å². The molecule has 0 saturated heterocycles. The van der Waals surface area contributed by atoms with E-state index in [1.807, 2.05) is 39.0 Å². The number of hydrogen-bond donors (Lipinski definition) is 0. The first-order chi connectivity index (χ1) is 9.81. The van der Waals surface area contributed by atoms with Crippen LogP contribution in [0.3, 0.4) is 0 Å². The Hall–Kier alpha value is -1.46. The molecule has 2 rings (SSSR count). The van der Waals surface area contributed by atoms with E-state index in [9.17, 15) is 4.21 Å². The number of ether oxygens (including phenoxy) is 1. The molecule has 2 aromatic rings. The van der Waals surface area contributed by atoms with Gasteiger partial charge in [-0.2, -0.15) is 4.40 Å². The van der Waals surface area contributed by atoms with Crippen LogP contribution >= 0.6 is 11.6 Å². The van der Waals surface area contributed by atoms with E-state index in [1.165, 1.54) is 6.21 Å². The minimum absolute atomic E-state index is 0.405. The molecule has 0 aliphatic heterocycles. The van der Waals surface area contributed by atoms with Crippen LogP contribution in [0.4, 0.5) is 0 Å². The molecule has 1 unspecified atom stereocenters. The summed E-state index contributed by atoms with van der Waals surface area (Å²) in [5.41, 5.74) is 1.45. The molecule has 0 fully saturated rings. The summed E-state index contributed by atoms with van der Waals surface area (Å²) in [4.78, 5) is 4.40. The molecular weight excluding hydrogens is 308 g/mol. The molecule has 1 atom stereocenters. The Morgan fingerprint density at radius 1 is 1.33 bits per heavy atom. The van der Waals surface area contributed by atoms with Gasteiger partial charge in [-0.3, -0.25) is 0 Å². The normalized spacial score (nSPS) is 13.8. The van der Waals surface area contributed by atoms with E-state index in [1.54, 1.807) is 13.2 Å². The topological polar surface area (TPSA) is 51.6 Å².